The average molecular weight is 599 g/mol. The number of hydrogen-bond donors (Lipinski definition) is 2. The first-order valence-electron chi connectivity index (χ1n) is 13.0. The van der Waals surface area contributed by atoms with E-state index in [0.29, 0.717) is 28.3 Å². The Morgan fingerprint density at radius 3 is 2.65 bits per heavy atom. The number of alkyl halides is 2. The molecule has 1 aliphatic carbocycles. The van der Waals surface area contributed by atoms with E-state index in [9.17, 15) is 23.2 Å². The van der Waals surface area contributed by atoms with Crippen LogP contribution in [0.1, 0.15) is 66.9 Å². The molecule has 1 saturated carbocycles. The summed E-state index contributed by atoms with van der Waals surface area (Å²) >= 11 is 12.5. The third-order valence-corrected chi connectivity index (χ3v) is 7.21. The van der Waals surface area contributed by atoms with Gasteiger partial charge in [0, 0.05) is 41.5 Å². The first-order valence-corrected chi connectivity index (χ1v) is 13.8. The number of amides is 2. The normalized spacial score (nSPS) is 16.5. The standard InChI is InChI=1S/C27H30Cl2F2N4O5/c1-4-19-22(34-14(3)33-19)26(38)35(9-7-16-13-27(16,30)31)23(25(37)32-8-6-21(36)39-5-2)20-11-15-10-17(28)12-18(29)24(15)40-20/h10-12,16,23H,4-9,13H2,1-3H3,(H,32,37)(H,33,34). The summed E-state index contributed by atoms with van der Waals surface area (Å²) in [5, 5.41) is 3.67. The predicted octanol–water partition coefficient (Wildman–Crippen LogP) is 5.63. The van der Waals surface area contributed by atoms with E-state index in [2.05, 4.69) is 15.3 Å². The van der Waals surface area contributed by atoms with Gasteiger partial charge in [0.05, 0.1) is 18.1 Å². The zero-order valence-corrected chi connectivity index (χ0v) is 23.8. The average Bonchev–Trinajstić information content (AvgIpc) is 3.19. The highest BCUT2D eigenvalue weighted by Gasteiger charge is 2.56. The van der Waals surface area contributed by atoms with Gasteiger partial charge in [-0.25, -0.2) is 13.8 Å². The number of H-pyrrole nitrogens is 1. The third kappa shape index (κ3) is 6.58. The van der Waals surface area contributed by atoms with Gasteiger partial charge >= 0.3 is 5.97 Å². The van der Waals surface area contributed by atoms with Crippen molar-refractivity contribution in [2.45, 2.75) is 58.4 Å². The van der Waals surface area contributed by atoms with Crippen LogP contribution in [0.2, 0.25) is 10.0 Å². The van der Waals surface area contributed by atoms with Gasteiger partial charge in [-0.15, -0.1) is 0 Å². The molecule has 1 aromatic carbocycles. The fourth-order valence-electron chi connectivity index (χ4n) is 4.61. The topological polar surface area (TPSA) is 118 Å². The van der Waals surface area contributed by atoms with E-state index in [-0.39, 0.29) is 61.0 Å². The molecule has 0 aliphatic heterocycles. The van der Waals surface area contributed by atoms with Crippen molar-refractivity contribution in [3.63, 3.8) is 0 Å². The van der Waals surface area contributed by atoms with Crippen molar-refractivity contribution in [3.05, 3.63) is 51.2 Å². The smallest absolute Gasteiger partial charge is 0.307 e. The minimum Gasteiger partial charge on any atom is -0.466 e. The zero-order chi connectivity index (χ0) is 29.2. The molecule has 0 bridgehead atoms. The number of aryl methyl sites for hydroxylation is 2. The van der Waals surface area contributed by atoms with Gasteiger partial charge in [-0.2, -0.15) is 0 Å². The Hall–Kier alpha value is -3.18. The number of nitrogens with zero attached hydrogens (tertiary/aromatic N) is 2. The number of halogens is 4. The van der Waals surface area contributed by atoms with Gasteiger partial charge in [-0.1, -0.05) is 30.1 Å². The van der Waals surface area contributed by atoms with Crippen molar-refractivity contribution in [1.29, 1.82) is 0 Å². The Morgan fingerprint density at radius 1 is 1.27 bits per heavy atom. The molecule has 9 nitrogen and oxygen atoms in total. The number of furan rings is 1. The van der Waals surface area contributed by atoms with E-state index in [0.717, 1.165) is 0 Å². The molecule has 0 spiro atoms. The number of fused-ring (bicyclic) bond motifs is 1. The van der Waals surface area contributed by atoms with E-state index in [1.807, 2.05) is 6.92 Å². The van der Waals surface area contributed by atoms with Crippen molar-refractivity contribution in [3.8, 4) is 0 Å². The molecular formula is C27H30Cl2F2N4O5. The molecule has 2 atom stereocenters. The summed E-state index contributed by atoms with van der Waals surface area (Å²) in [7, 11) is 0. The third-order valence-electron chi connectivity index (χ3n) is 6.71. The molecule has 4 rings (SSSR count). The van der Waals surface area contributed by atoms with Crippen LogP contribution in [0.5, 0.6) is 0 Å². The summed E-state index contributed by atoms with van der Waals surface area (Å²) in [5.41, 5.74) is 0.880. The van der Waals surface area contributed by atoms with Crippen molar-refractivity contribution >= 4 is 52.0 Å². The molecular weight excluding hydrogens is 569 g/mol. The number of ether oxygens (including phenoxy) is 1. The summed E-state index contributed by atoms with van der Waals surface area (Å²) in [4.78, 5) is 48.0. The molecule has 13 heteroatoms. The lowest BCUT2D eigenvalue weighted by molar-refractivity contribution is -0.143. The van der Waals surface area contributed by atoms with Crippen LogP contribution in [0, 0.1) is 12.8 Å². The van der Waals surface area contributed by atoms with Gasteiger partial charge in [0.1, 0.15) is 17.3 Å². The lowest BCUT2D eigenvalue weighted by Gasteiger charge is -2.29. The van der Waals surface area contributed by atoms with Crippen LogP contribution in [-0.2, 0) is 20.7 Å². The minimum absolute atomic E-state index is 0.0387. The van der Waals surface area contributed by atoms with E-state index >= 15 is 0 Å². The molecule has 3 aromatic rings. The first-order chi connectivity index (χ1) is 18.9. The Morgan fingerprint density at radius 2 is 2.00 bits per heavy atom. The van der Waals surface area contributed by atoms with Crippen molar-refractivity contribution in [1.82, 2.24) is 20.2 Å². The summed E-state index contributed by atoms with van der Waals surface area (Å²) in [6.45, 7) is 5.13. The van der Waals surface area contributed by atoms with Crippen molar-refractivity contribution in [2.75, 3.05) is 19.7 Å². The van der Waals surface area contributed by atoms with E-state index in [1.54, 1.807) is 19.9 Å². The fraction of sp³-hybridized carbons (Fsp3) is 0.481. The second kappa shape index (κ2) is 12.1. The molecule has 40 heavy (non-hydrogen) atoms. The molecule has 216 valence electrons. The van der Waals surface area contributed by atoms with Gasteiger partial charge in [0.15, 0.2) is 11.6 Å². The Bertz CT molecular complexity index is 1420. The number of hydrogen-bond acceptors (Lipinski definition) is 6. The highest BCUT2D eigenvalue weighted by molar-refractivity contribution is 6.38. The molecule has 2 aromatic heterocycles. The van der Waals surface area contributed by atoms with Crippen LogP contribution in [0.4, 0.5) is 8.78 Å². The SMILES string of the molecule is CCOC(=O)CCNC(=O)C(c1cc2cc(Cl)cc(Cl)c2o1)N(CCC1CC1(F)F)C(=O)c1nc(C)[nH]c1CC. The van der Waals surface area contributed by atoms with Gasteiger partial charge in [0.2, 0.25) is 0 Å². The second-order valence-electron chi connectivity index (χ2n) is 9.66. The molecule has 1 fully saturated rings. The van der Waals surface area contributed by atoms with E-state index < -0.39 is 35.7 Å². The maximum Gasteiger partial charge on any atom is 0.307 e. The minimum atomic E-state index is -2.81. The lowest BCUT2D eigenvalue weighted by atomic mass is 10.1. The maximum atomic E-state index is 14.0. The second-order valence-corrected chi connectivity index (χ2v) is 10.5. The monoisotopic (exact) mass is 598 g/mol. The molecule has 2 heterocycles. The highest BCUT2D eigenvalue weighted by Crippen LogP contribution is 2.51. The quantitative estimate of drug-likeness (QED) is 0.261. The molecule has 1 aliphatic rings. The number of nitrogens with one attached hydrogen (secondary N) is 2. The maximum absolute atomic E-state index is 14.0. The van der Waals surface area contributed by atoms with Gasteiger partial charge in [-0.3, -0.25) is 14.4 Å². The van der Waals surface area contributed by atoms with E-state index in [4.69, 9.17) is 32.4 Å². The number of aromatic amines is 1. The number of imidazole rings is 1. The predicted molar refractivity (Wildman–Crippen MR) is 145 cm³/mol. The largest absolute Gasteiger partial charge is 0.466 e. The van der Waals surface area contributed by atoms with Crippen LogP contribution in [0.15, 0.2) is 22.6 Å². The number of esters is 1. The lowest BCUT2D eigenvalue weighted by Crippen LogP contribution is -2.45. The van der Waals surface area contributed by atoms with Crippen molar-refractivity contribution in [2.24, 2.45) is 5.92 Å². The molecule has 2 N–H and O–H groups in total. The molecule has 2 amide bonds. The van der Waals surface area contributed by atoms with Crippen molar-refractivity contribution < 1.29 is 32.3 Å². The van der Waals surface area contributed by atoms with Crippen LogP contribution in [0.3, 0.4) is 0 Å². The summed E-state index contributed by atoms with van der Waals surface area (Å²) < 4.78 is 38.5. The zero-order valence-electron chi connectivity index (χ0n) is 22.3. The van der Waals surface area contributed by atoms with E-state index in [1.165, 1.54) is 17.0 Å². The van der Waals surface area contributed by atoms with Crippen LogP contribution < -0.4 is 5.32 Å². The number of aromatic nitrogens is 2. The first kappa shape index (κ1) is 29.8. The Kier molecular flexibility index (Phi) is 9.04. The van der Waals surface area contributed by atoms with Gasteiger partial charge in [-0.05, 0) is 44.9 Å². The highest BCUT2D eigenvalue weighted by atomic mass is 35.5. The summed E-state index contributed by atoms with van der Waals surface area (Å²) in [6.07, 6.45) is 0.0230. The summed E-state index contributed by atoms with van der Waals surface area (Å²) in [6, 6.07) is 3.22. The van der Waals surface area contributed by atoms with Crippen LogP contribution >= 0.6 is 23.2 Å². The van der Waals surface area contributed by atoms with Gasteiger partial charge < -0.3 is 24.4 Å². The number of benzene rings is 1. The number of rotatable bonds is 12. The Balaban J connectivity index is 1.74. The molecule has 2 unspecified atom stereocenters. The van der Waals surface area contributed by atoms with Crippen LogP contribution in [0.25, 0.3) is 11.0 Å². The number of carbonyl (C=O) groups is 3. The molecule has 0 radical (unpaired) electrons. The molecule has 0 saturated heterocycles. The number of carbonyl (C=O) groups excluding carboxylic acids is 3. The van der Waals surface area contributed by atoms with Gasteiger partial charge in [0.25, 0.3) is 17.7 Å². The summed E-state index contributed by atoms with van der Waals surface area (Å²) in [5.74, 6) is -4.98. The Labute approximate surface area is 239 Å². The van der Waals surface area contributed by atoms with Crippen LogP contribution in [-0.4, -0.2) is 58.3 Å². The fourth-order valence-corrected chi connectivity index (χ4v) is 5.16.